The summed E-state index contributed by atoms with van der Waals surface area (Å²) in [5.41, 5.74) is 17.4. The van der Waals surface area contributed by atoms with Crippen molar-refractivity contribution in [1.82, 2.24) is 24.5 Å². The fourth-order valence-electron chi connectivity index (χ4n) is 9.32. The van der Waals surface area contributed by atoms with Crippen molar-refractivity contribution in [3.8, 4) is 11.5 Å². The van der Waals surface area contributed by atoms with E-state index in [1.54, 1.807) is 11.8 Å². The summed E-state index contributed by atoms with van der Waals surface area (Å²) < 4.78 is 15.1. The fourth-order valence-corrected chi connectivity index (χ4v) is 10.2. The van der Waals surface area contributed by atoms with Gasteiger partial charge in [-0.15, -0.1) is 0 Å². The van der Waals surface area contributed by atoms with Crippen LogP contribution in [0.5, 0.6) is 11.5 Å². The Bertz CT molecular complexity index is 2470. The number of hydrogen-bond acceptors (Lipinski definition) is 10. The minimum atomic E-state index is -0.256. The molecule has 1 amide bonds. The Balaban J connectivity index is 0.878. The zero-order chi connectivity index (χ0) is 42.8. The number of piperazine rings is 1. The molecule has 5 N–H and O–H groups in total. The number of allylic oxidation sites excluding steroid dienone is 1. The number of rotatable bonds is 12. The quantitative estimate of drug-likeness (QED) is 0.0712. The number of nitrogens with two attached hydrogens (primary N) is 1. The fraction of sp³-hybridized carbons (Fsp3) is 0.388. The number of amides is 1. The summed E-state index contributed by atoms with van der Waals surface area (Å²) >= 11 is 7.54. The van der Waals surface area contributed by atoms with E-state index < -0.39 is 0 Å². The molecule has 0 spiro atoms. The van der Waals surface area contributed by atoms with Crippen LogP contribution in [-0.4, -0.2) is 90.7 Å². The number of carbonyl (C=O) groups excluding carboxylic acids is 1. The molecular formula is C49H57ClN8O3S. The number of fused-ring (bicyclic) bond motifs is 2. The molecule has 3 aliphatic heterocycles. The first-order valence-corrected chi connectivity index (χ1v) is 23.1. The van der Waals surface area contributed by atoms with Gasteiger partial charge in [0.15, 0.2) is 0 Å². The second-order valence-corrected chi connectivity index (χ2v) is 19.2. The summed E-state index contributed by atoms with van der Waals surface area (Å²) in [5.74, 6) is 0.776. The van der Waals surface area contributed by atoms with Gasteiger partial charge in [-0.2, -0.15) is 0 Å². The average Bonchev–Trinajstić information content (AvgIpc) is 3.75. The average molecular weight is 874 g/mol. The standard InChI is InChI=1S/C49H57ClN8O3S/c1-32(57-20-22-60-23-21-57)24-38-9-6-34-26-41(28-44(51)46(34)54-38)62-55-48(59)42-11-10-39(27-45(42)61-40-25-35-13-15-52-47(35)53-30-40)58-18-16-56(17-19-58)31-36-12-14-49(2,3)29-43(36)33-4-7-37(50)8-5-33/h4-5,7-8,10-11,13,15,25-28,30,38,54H,1,6,9,12,14,16-24,29,31,51H2,2-3H3,(H,52,53)(H,55,59)/t38-/m1/s1. The minimum absolute atomic E-state index is 0.256. The van der Waals surface area contributed by atoms with Crippen LogP contribution in [0, 0.1) is 5.41 Å². The first-order chi connectivity index (χ1) is 30.0. The van der Waals surface area contributed by atoms with Gasteiger partial charge >= 0.3 is 0 Å². The van der Waals surface area contributed by atoms with Crippen molar-refractivity contribution >= 4 is 63.1 Å². The van der Waals surface area contributed by atoms with E-state index in [0.29, 0.717) is 22.7 Å². The maximum Gasteiger partial charge on any atom is 0.265 e. The molecule has 11 nitrogen and oxygen atoms in total. The number of nitrogens with zero attached hydrogens (tertiary/aromatic N) is 4. The van der Waals surface area contributed by atoms with Crippen LogP contribution in [0.4, 0.5) is 17.1 Å². The van der Waals surface area contributed by atoms with Crippen LogP contribution in [0.25, 0.3) is 16.6 Å². The summed E-state index contributed by atoms with van der Waals surface area (Å²) in [6, 6.07) is 22.5. The SMILES string of the molecule is C=C(C[C@H]1CCc2cc(SNC(=O)c3ccc(N4CCN(CC5=C(c6ccc(Cl)cc6)CC(C)(C)CC5)CC4)cc3Oc3cnc4[nH]ccc4c3)cc(N)c2N1)N1CCOCC1. The van der Waals surface area contributed by atoms with Crippen LogP contribution >= 0.6 is 23.5 Å². The number of carbonyl (C=O) groups is 1. The van der Waals surface area contributed by atoms with Crippen LogP contribution in [0.3, 0.4) is 0 Å². The molecule has 1 atom stereocenters. The van der Waals surface area contributed by atoms with Crippen molar-refractivity contribution in [3.05, 3.63) is 119 Å². The predicted molar refractivity (Wildman–Crippen MR) is 253 cm³/mol. The Morgan fingerprint density at radius 1 is 1.03 bits per heavy atom. The molecule has 2 saturated heterocycles. The number of pyridine rings is 1. The highest BCUT2D eigenvalue weighted by molar-refractivity contribution is 7.98. The van der Waals surface area contributed by atoms with Crippen molar-refractivity contribution in [2.75, 3.05) is 75.0 Å². The van der Waals surface area contributed by atoms with E-state index in [-0.39, 0.29) is 17.4 Å². The third-order valence-electron chi connectivity index (χ3n) is 12.9. The number of aromatic nitrogens is 2. The van der Waals surface area contributed by atoms with Gasteiger partial charge in [0.05, 0.1) is 36.3 Å². The number of H-pyrrole nitrogens is 1. The molecule has 13 heteroatoms. The van der Waals surface area contributed by atoms with Crippen LogP contribution in [0.15, 0.2) is 102 Å². The second-order valence-electron chi connectivity index (χ2n) is 17.9. The van der Waals surface area contributed by atoms with Crippen LogP contribution in [0.2, 0.25) is 5.02 Å². The monoisotopic (exact) mass is 872 g/mol. The van der Waals surface area contributed by atoms with Gasteiger partial charge in [0, 0.05) is 97.2 Å². The highest BCUT2D eigenvalue weighted by atomic mass is 35.5. The third-order valence-corrected chi connectivity index (χ3v) is 13.9. The van der Waals surface area contributed by atoms with E-state index in [1.165, 1.54) is 29.5 Å². The Morgan fingerprint density at radius 3 is 2.65 bits per heavy atom. The lowest BCUT2D eigenvalue weighted by Gasteiger charge is -2.39. The lowest BCUT2D eigenvalue weighted by molar-refractivity contribution is 0.0519. The summed E-state index contributed by atoms with van der Waals surface area (Å²) in [4.78, 5) is 29.9. The first kappa shape index (κ1) is 42.2. The number of aromatic amines is 1. The molecule has 0 bridgehead atoms. The molecule has 3 aromatic carbocycles. The maximum absolute atomic E-state index is 14.0. The molecule has 5 aromatic rings. The molecule has 62 heavy (non-hydrogen) atoms. The number of nitrogen functional groups attached to an aromatic ring is 1. The minimum Gasteiger partial charge on any atom is -0.455 e. The van der Waals surface area contributed by atoms with E-state index in [1.807, 2.05) is 54.7 Å². The van der Waals surface area contributed by atoms with Gasteiger partial charge in [-0.3, -0.25) is 14.4 Å². The molecule has 4 aliphatic rings. The van der Waals surface area contributed by atoms with E-state index >= 15 is 0 Å². The summed E-state index contributed by atoms with van der Waals surface area (Å²) in [5, 5.41) is 5.38. The number of morpholine rings is 1. The largest absolute Gasteiger partial charge is 0.455 e. The molecule has 0 radical (unpaired) electrons. The van der Waals surface area contributed by atoms with Gasteiger partial charge in [0.25, 0.3) is 5.91 Å². The lowest BCUT2D eigenvalue weighted by Crippen LogP contribution is -2.47. The molecule has 5 heterocycles. The normalized spacial score (nSPS) is 19.2. The number of nitrogens with one attached hydrogen (secondary N) is 3. The maximum atomic E-state index is 14.0. The van der Waals surface area contributed by atoms with Gasteiger partial charge in [-0.05, 0) is 115 Å². The van der Waals surface area contributed by atoms with Gasteiger partial charge < -0.3 is 35.3 Å². The Kier molecular flexibility index (Phi) is 12.4. The summed E-state index contributed by atoms with van der Waals surface area (Å²) in [6.45, 7) is 17.0. The third kappa shape index (κ3) is 9.73. The van der Waals surface area contributed by atoms with E-state index in [9.17, 15) is 4.79 Å². The topological polar surface area (TPSA) is 124 Å². The van der Waals surface area contributed by atoms with Gasteiger partial charge in [0.1, 0.15) is 17.1 Å². The Labute approximate surface area is 374 Å². The number of ether oxygens (including phenoxy) is 2. The first-order valence-electron chi connectivity index (χ1n) is 21.9. The second kappa shape index (κ2) is 18.3. The number of aryl methyl sites for hydroxylation is 1. The van der Waals surface area contributed by atoms with E-state index in [2.05, 4.69) is 73.3 Å². The molecule has 324 valence electrons. The van der Waals surface area contributed by atoms with E-state index in [0.717, 1.165) is 135 Å². The Hall–Kier alpha value is -5.14. The molecule has 9 rings (SSSR count). The smallest absolute Gasteiger partial charge is 0.265 e. The number of halogens is 1. The molecule has 1 aliphatic carbocycles. The molecule has 2 aromatic heterocycles. The lowest BCUT2D eigenvalue weighted by atomic mass is 9.72. The highest BCUT2D eigenvalue weighted by Gasteiger charge is 2.30. The van der Waals surface area contributed by atoms with E-state index in [4.69, 9.17) is 26.8 Å². The Morgan fingerprint density at radius 2 is 1.84 bits per heavy atom. The summed E-state index contributed by atoms with van der Waals surface area (Å²) in [7, 11) is 0. The number of hydrogen-bond donors (Lipinski definition) is 4. The predicted octanol–water partition coefficient (Wildman–Crippen LogP) is 9.78. The molecule has 2 fully saturated rings. The summed E-state index contributed by atoms with van der Waals surface area (Å²) in [6.07, 6.45) is 9.66. The van der Waals surface area contributed by atoms with Crippen LogP contribution < -0.4 is 25.4 Å². The molecular weight excluding hydrogens is 816 g/mol. The van der Waals surface area contributed by atoms with Crippen molar-refractivity contribution in [2.24, 2.45) is 5.41 Å². The van der Waals surface area contributed by atoms with Crippen molar-refractivity contribution in [2.45, 2.75) is 63.3 Å². The zero-order valence-corrected chi connectivity index (χ0v) is 37.3. The molecule has 0 unspecified atom stereocenters. The van der Waals surface area contributed by atoms with Crippen molar-refractivity contribution in [1.29, 1.82) is 0 Å². The molecule has 0 saturated carbocycles. The number of anilines is 3. The van der Waals surface area contributed by atoms with Gasteiger partial charge in [-0.25, -0.2) is 4.98 Å². The van der Waals surface area contributed by atoms with Crippen LogP contribution in [-0.2, 0) is 11.2 Å². The van der Waals surface area contributed by atoms with Crippen molar-refractivity contribution in [3.63, 3.8) is 0 Å². The van der Waals surface area contributed by atoms with Gasteiger partial charge in [-0.1, -0.05) is 49.7 Å². The zero-order valence-electron chi connectivity index (χ0n) is 35.8. The highest BCUT2D eigenvalue weighted by Crippen LogP contribution is 2.44. The van der Waals surface area contributed by atoms with Crippen LogP contribution in [0.1, 0.15) is 67.4 Å². The number of benzene rings is 3. The van der Waals surface area contributed by atoms with Crippen molar-refractivity contribution < 1.29 is 14.3 Å². The van der Waals surface area contributed by atoms with Gasteiger partial charge in [0.2, 0.25) is 0 Å².